The number of alkyl halides is 3. The second-order valence-corrected chi connectivity index (χ2v) is 5.92. The Labute approximate surface area is 123 Å². The lowest BCUT2D eigenvalue weighted by Gasteiger charge is -2.27. The van der Waals surface area contributed by atoms with Crippen LogP contribution < -0.4 is 5.32 Å². The molecule has 0 saturated heterocycles. The van der Waals surface area contributed by atoms with Crippen LogP contribution in [0.25, 0.3) is 0 Å². The first kappa shape index (κ1) is 16.3. The SMILES string of the molecule is CC(NCC1CCC(O)CC1)c1ccc(C(F)(F)F)cc1. The van der Waals surface area contributed by atoms with Gasteiger partial charge in [0.1, 0.15) is 0 Å². The first-order chi connectivity index (χ1) is 9.86. The maximum absolute atomic E-state index is 12.5. The van der Waals surface area contributed by atoms with Crippen LogP contribution in [0.5, 0.6) is 0 Å². The number of hydrogen-bond donors (Lipinski definition) is 2. The van der Waals surface area contributed by atoms with Crippen molar-refractivity contribution < 1.29 is 18.3 Å². The summed E-state index contributed by atoms with van der Waals surface area (Å²) in [5.74, 6) is 0.547. The van der Waals surface area contributed by atoms with Crippen LogP contribution in [0.2, 0.25) is 0 Å². The van der Waals surface area contributed by atoms with Crippen molar-refractivity contribution in [2.45, 2.75) is 50.9 Å². The monoisotopic (exact) mass is 301 g/mol. The van der Waals surface area contributed by atoms with E-state index in [1.54, 1.807) is 0 Å². The molecule has 0 radical (unpaired) electrons. The number of rotatable bonds is 4. The van der Waals surface area contributed by atoms with Crippen LogP contribution in [0.15, 0.2) is 24.3 Å². The molecule has 0 spiro atoms. The average molecular weight is 301 g/mol. The molecular formula is C16H22F3NO. The van der Waals surface area contributed by atoms with E-state index in [4.69, 9.17) is 0 Å². The Morgan fingerprint density at radius 3 is 2.24 bits per heavy atom. The highest BCUT2D eigenvalue weighted by Gasteiger charge is 2.30. The van der Waals surface area contributed by atoms with E-state index in [9.17, 15) is 18.3 Å². The number of aliphatic hydroxyl groups excluding tert-OH is 1. The van der Waals surface area contributed by atoms with Gasteiger partial charge in [-0.05, 0) is 62.8 Å². The quantitative estimate of drug-likeness (QED) is 0.884. The summed E-state index contributed by atoms with van der Waals surface area (Å²) in [4.78, 5) is 0. The smallest absolute Gasteiger partial charge is 0.393 e. The number of aliphatic hydroxyl groups is 1. The zero-order chi connectivity index (χ0) is 15.5. The average Bonchev–Trinajstić information content (AvgIpc) is 2.45. The fourth-order valence-corrected chi connectivity index (χ4v) is 2.77. The topological polar surface area (TPSA) is 32.3 Å². The minimum Gasteiger partial charge on any atom is -0.393 e. The molecule has 0 bridgehead atoms. The van der Waals surface area contributed by atoms with Crippen molar-refractivity contribution in [3.63, 3.8) is 0 Å². The largest absolute Gasteiger partial charge is 0.416 e. The summed E-state index contributed by atoms with van der Waals surface area (Å²) in [6.45, 7) is 2.80. The van der Waals surface area contributed by atoms with E-state index in [1.807, 2.05) is 6.92 Å². The van der Waals surface area contributed by atoms with Crippen molar-refractivity contribution >= 4 is 0 Å². The van der Waals surface area contributed by atoms with Crippen LogP contribution in [0.3, 0.4) is 0 Å². The van der Waals surface area contributed by atoms with Crippen LogP contribution in [-0.2, 0) is 6.18 Å². The molecule has 1 fully saturated rings. The molecule has 2 rings (SSSR count). The molecule has 1 aromatic rings. The van der Waals surface area contributed by atoms with Gasteiger partial charge in [0.05, 0.1) is 11.7 Å². The van der Waals surface area contributed by atoms with Crippen molar-refractivity contribution in [3.8, 4) is 0 Å². The second kappa shape index (κ2) is 6.79. The van der Waals surface area contributed by atoms with E-state index >= 15 is 0 Å². The van der Waals surface area contributed by atoms with Gasteiger partial charge >= 0.3 is 6.18 Å². The van der Waals surface area contributed by atoms with Crippen molar-refractivity contribution in [2.24, 2.45) is 5.92 Å². The predicted octanol–water partition coefficient (Wildman–Crippen LogP) is 3.91. The molecule has 1 unspecified atom stereocenters. The third-order valence-corrected chi connectivity index (χ3v) is 4.27. The summed E-state index contributed by atoms with van der Waals surface area (Å²) in [5, 5.41) is 12.8. The molecule has 1 aromatic carbocycles. The predicted molar refractivity (Wildman–Crippen MR) is 75.8 cm³/mol. The molecule has 0 heterocycles. The summed E-state index contributed by atoms with van der Waals surface area (Å²) in [6.07, 6.45) is -0.726. The number of hydrogen-bond acceptors (Lipinski definition) is 2. The van der Waals surface area contributed by atoms with E-state index < -0.39 is 11.7 Å². The third-order valence-electron chi connectivity index (χ3n) is 4.27. The lowest BCUT2D eigenvalue weighted by atomic mass is 9.87. The number of benzene rings is 1. The Kier molecular flexibility index (Phi) is 5.27. The molecule has 0 aromatic heterocycles. The van der Waals surface area contributed by atoms with Gasteiger partial charge in [-0.15, -0.1) is 0 Å². The van der Waals surface area contributed by atoms with Crippen molar-refractivity contribution in [1.29, 1.82) is 0 Å². The Morgan fingerprint density at radius 2 is 1.71 bits per heavy atom. The Balaban J connectivity index is 1.84. The van der Waals surface area contributed by atoms with Gasteiger partial charge in [-0.25, -0.2) is 0 Å². The molecule has 2 nitrogen and oxygen atoms in total. The minimum atomic E-state index is -4.28. The molecule has 0 aliphatic heterocycles. The molecule has 5 heteroatoms. The molecule has 2 N–H and O–H groups in total. The first-order valence-corrected chi connectivity index (χ1v) is 7.45. The fourth-order valence-electron chi connectivity index (χ4n) is 2.77. The van der Waals surface area contributed by atoms with Gasteiger partial charge in [0, 0.05) is 6.04 Å². The Morgan fingerprint density at radius 1 is 1.14 bits per heavy atom. The minimum absolute atomic E-state index is 0.0270. The lowest BCUT2D eigenvalue weighted by molar-refractivity contribution is -0.137. The van der Waals surface area contributed by atoms with Gasteiger partial charge in [0.15, 0.2) is 0 Å². The molecule has 1 atom stereocenters. The van der Waals surface area contributed by atoms with Crippen LogP contribution in [0, 0.1) is 5.92 Å². The lowest BCUT2D eigenvalue weighted by Crippen LogP contribution is -2.29. The van der Waals surface area contributed by atoms with E-state index in [0.29, 0.717) is 5.92 Å². The molecule has 0 amide bonds. The molecule has 21 heavy (non-hydrogen) atoms. The van der Waals surface area contributed by atoms with E-state index in [0.717, 1.165) is 49.9 Å². The van der Waals surface area contributed by atoms with Crippen molar-refractivity contribution in [3.05, 3.63) is 35.4 Å². The van der Waals surface area contributed by atoms with Gasteiger partial charge in [-0.3, -0.25) is 0 Å². The third kappa shape index (κ3) is 4.71. The first-order valence-electron chi connectivity index (χ1n) is 7.45. The van der Waals surface area contributed by atoms with E-state index in [2.05, 4.69) is 5.32 Å². The van der Waals surface area contributed by atoms with Gasteiger partial charge in [0.2, 0.25) is 0 Å². The summed E-state index contributed by atoms with van der Waals surface area (Å²) >= 11 is 0. The normalized spacial score (nSPS) is 24.8. The highest BCUT2D eigenvalue weighted by Crippen LogP contribution is 2.30. The van der Waals surface area contributed by atoms with Gasteiger partial charge < -0.3 is 10.4 Å². The summed E-state index contributed by atoms with van der Waals surface area (Å²) in [7, 11) is 0. The van der Waals surface area contributed by atoms with Crippen molar-refractivity contribution in [1.82, 2.24) is 5.32 Å². The van der Waals surface area contributed by atoms with Crippen LogP contribution in [0.4, 0.5) is 13.2 Å². The van der Waals surface area contributed by atoms with E-state index in [-0.39, 0.29) is 12.1 Å². The highest BCUT2D eigenvalue weighted by atomic mass is 19.4. The van der Waals surface area contributed by atoms with Crippen LogP contribution >= 0.6 is 0 Å². The fraction of sp³-hybridized carbons (Fsp3) is 0.625. The van der Waals surface area contributed by atoms with Crippen LogP contribution in [0.1, 0.15) is 49.8 Å². The van der Waals surface area contributed by atoms with Gasteiger partial charge in [-0.2, -0.15) is 13.2 Å². The molecule has 118 valence electrons. The van der Waals surface area contributed by atoms with Gasteiger partial charge in [0.25, 0.3) is 0 Å². The number of nitrogens with one attached hydrogen (secondary N) is 1. The zero-order valence-electron chi connectivity index (χ0n) is 12.2. The highest BCUT2D eigenvalue weighted by molar-refractivity contribution is 5.26. The maximum atomic E-state index is 12.5. The Bertz CT molecular complexity index is 436. The molecule has 1 aliphatic rings. The second-order valence-electron chi connectivity index (χ2n) is 5.92. The Hall–Kier alpha value is -1.07. The number of halogens is 3. The molecule has 1 aliphatic carbocycles. The zero-order valence-corrected chi connectivity index (χ0v) is 12.2. The summed E-state index contributed by atoms with van der Waals surface area (Å²) < 4.78 is 37.5. The summed E-state index contributed by atoms with van der Waals surface area (Å²) in [6, 6.07) is 5.35. The van der Waals surface area contributed by atoms with Gasteiger partial charge in [-0.1, -0.05) is 12.1 Å². The molecule has 1 saturated carbocycles. The summed E-state index contributed by atoms with van der Waals surface area (Å²) in [5.41, 5.74) is 0.249. The maximum Gasteiger partial charge on any atom is 0.416 e. The van der Waals surface area contributed by atoms with Crippen LogP contribution in [-0.4, -0.2) is 17.8 Å². The standard InChI is InChI=1S/C16H22F3NO/c1-11(20-10-12-2-8-15(21)9-3-12)13-4-6-14(7-5-13)16(17,18)19/h4-7,11-12,15,20-21H,2-3,8-10H2,1H3. The molecular weight excluding hydrogens is 279 g/mol. The van der Waals surface area contributed by atoms with E-state index in [1.165, 1.54) is 12.1 Å². The van der Waals surface area contributed by atoms with Crippen molar-refractivity contribution in [2.75, 3.05) is 6.54 Å².